The zero-order chi connectivity index (χ0) is 37.3. The molecule has 52 heavy (non-hydrogen) atoms. The predicted octanol–water partition coefficient (Wildman–Crippen LogP) is 6.96. The van der Waals surface area contributed by atoms with Crippen LogP contribution in [0.2, 0.25) is 5.02 Å². The van der Waals surface area contributed by atoms with Crippen molar-refractivity contribution in [3.8, 4) is 17.2 Å². The Kier molecular flexibility index (Phi) is 13.1. The third-order valence-electron chi connectivity index (χ3n) is 9.29. The lowest BCUT2D eigenvalue weighted by molar-refractivity contribution is -0.140. The first-order valence-electron chi connectivity index (χ1n) is 17.3. The van der Waals surface area contributed by atoms with E-state index in [0.29, 0.717) is 5.75 Å². The van der Waals surface area contributed by atoms with Gasteiger partial charge in [0.05, 0.1) is 31.9 Å². The average Bonchev–Trinajstić information content (AvgIpc) is 3.15. The van der Waals surface area contributed by atoms with Crippen molar-refractivity contribution >= 4 is 39.1 Å². The molecule has 0 aliphatic heterocycles. The molecule has 1 unspecified atom stereocenters. The summed E-state index contributed by atoms with van der Waals surface area (Å²) in [5.41, 5.74) is 2.70. The van der Waals surface area contributed by atoms with E-state index in [1.807, 2.05) is 61.5 Å². The summed E-state index contributed by atoms with van der Waals surface area (Å²) in [6, 6.07) is 25.0. The molecule has 4 aromatic rings. The lowest BCUT2D eigenvalue weighted by atomic mass is 9.94. The molecule has 0 spiro atoms. The van der Waals surface area contributed by atoms with Gasteiger partial charge in [0.15, 0.2) is 11.5 Å². The minimum atomic E-state index is -4.49. The number of rotatable bonds is 15. The van der Waals surface area contributed by atoms with E-state index >= 15 is 0 Å². The van der Waals surface area contributed by atoms with Gasteiger partial charge in [0.25, 0.3) is 10.0 Å². The van der Waals surface area contributed by atoms with Crippen LogP contribution in [0.3, 0.4) is 0 Å². The van der Waals surface area contributed by atoms with Gasteiger partial charge in [0.2, 0.25) is 11.8 Å². The highest BCUT2D eigenvalue weighted by Crippen LogP contribution is 2.37. The second-order valence-corrected chi connectivity index (χ2v) is 15.2. The number of carbonyl (C=O) groups is 2. The molecule has 276 valence electrons. The number of anilines is 1. The second kappa shape index (κ2) is 17.7. The fourth-order valence-electron chi connectivity index (χ4n) is 6.58. The Morgan fingerprint density at radius 1 is 0.808 bits per heavy atom. The predicted molar refractivity (Wildman–Crippen MR) is 203 cm³/mol. The van der Waals surface area contributed by atoms with E-state index < -0.39 is 28.5 Å². The van der Waals surface area contributed by atoms with E-state index in [4.69, 9.17) is 25.8 Å². The first-order valence-corrected chi connectivity index (χ1v) is 19.1. The Morgan fingerprint density at radius 3 is 2.15 bits per heavy atom. The monoisotopic (exact) mass is 747 g/mol. The van der Waals surface area contributed by atoms with E-state index in [-0.39, 0.29) is 52.0 Å². The molecule has 0 radical (unpaired) electrons. The molecule has 0 heterocycles. The summed E-state index contributed by atoms with van der Waals surface area (Å²) in [5, 5.41) is 3.47. The molecule has 5 rings (SSSR count). The number of hydrogen-bond acceptors (Lipinski definition) is 7. The van der Waals surface area contributed by atoms with Gasteiger partial charge in [-0.3, -0.25) is 13.9 Å². The number of ether oxygens (including phenoxy) is 3. The lowest BCUT2D eigenvalue weighted by Crippen LogP contribution is -2.55. The quantitative estimate of drug-likeness (QED) is 0.140. The second-order valence-electron chi connectivity index (χ2n) is 12.9. The molecule has 1 N–H and O–H groups in total. The lowest BCUT2D eigenvalue weighted by Gasteiger charge is -2.35. The number of sulfonamides is 1. The highest BCUT2D eigenvalue weighted by atomic mass is 35.5. The molecule has 12 heteroatoms. The van der Waals surface area contributed by atoms with Crippen molar-refractivity contribution in [3.05, 3.63) is 113 Å². The van der Waals surface area contributed by atoms with Crippen molar-refractivity contribution in [2.24, 2.45) is 0 Å². The molecule has 1 saturated carbocycles. The Morgan fingerprint density at radius 2 is 1.48 bits per heavy atom. The number of nitrogens with zero attached hydrogens (tertiary/aromatic N) is 2. The van der Waals surface area contributed by atoms with Gasteiger partial charge < -0.3 is 24.4 Å². The van der Waals surface area contributed by atoms with E-state index in [0.717, 1.165) is 53.1 Å². The minimum Gasteiger partial charge on any atom is -0.495 e. The number of carbonyl (C=O) groups excluding carboxylic acids is 2. The van der Waals surface area contributed by atoms with Gasteiger partial charge in [-0.2, -0.15) is 0 Å². The summed E-state index contributed by atoms with van der Waals surface area (Å²) in [7, 11) is -0.220. The van der Waals surface area contributed by atoms with Gasteiger partial charge in [0, 0.05) is 30.1 Å². The SMILES string of the molecule is COc1ccc(S(=O)(=O)N(CC(=O)N(Cc2cccc(C)c2)C(Cc2ccccc2)C(=O)NC2CCCCC2)c2cc(Cl)ccc2OC)cc1OC. The zero-order valence-corrected chi connectivity index (χ0v) is 31.6. The maximum absolute atomic E-state index is 15.0. The van der Waals surface area contributed by atoms with Crippen LogP contribution in [-0.2, 0) is 32.6 Å². The van der Waals surface area contributed by atoms with Gasteiger partial charge in [-0.15, -0.1) is 0 Å². The third-order valence-corrected chi connectivity index (χ3v) is 11.3. The molecule has 1 atom stereocenters. The fraction of sp³-hybridized carbons (Fsp3) is 0.350. The molecule has 0 aromatic heterocycles. The van der Waals surface area contributed by atoms with Gasteiger partial charge in [-0.1, -0.05) is 91.0 Å². The van der Waals surface area contributed by atoms with Crippen LogP contribution in [0.15, 0.2) is 95.9 Å². The van der Waals surface area contributed by atoms with Crippen molar-refractivity contribution < 1.29 is 32.2 Å². The summed E-state index contributed by atoms with van der Waals surface area (Å²) in [4.78, 5) is 30.7. The number of benzene rings is 4. The van der Waals surface area contributed by atoms with E-state index in [1.165, 1.54) is 50.5 Å². The molecule has 1 aliphatic carbocycles. The summed E-state index contributed by atoms with van der Waals surface area (Å²) in [5.74, 6) is -0.168. The topological polar surface area (TPSA) is 114 Å². The molecule has 1 aliphatic rings. The normalized spacial score (nSPS) is 13.9. The van der Waals surface area contributed by atoms with Crippen molar-refractivity contribution in [2.45, 2.75) is 69.0 Å². The first-order chi connectivity index (χ1) is 25.0. The molecule has 2 amide bonds. The Balaban J connectivity index is 1.62. The van der Waals surface area contributed by atoms with Crippen molar-refractivity contribution in [1.82, 2.24) is 10.2 Å². The first kappa shape index (κ1) is 38.5. The molecule has 10 nitrogen and oxygen atoms in total. The molecule has 0 bridgehead atoms. The van der Waals surface area contributed by atoms with Crippen LogP contribution < -0.4 is 23.8 Å². The molecule has 4 aromatic carbocycles. The summed E-state index contributed by atoms with van der Waals surface area (Å²) >= 11 is 6.44. The summed E-state index contributed by atoms with van der Waals surface area (Å²) in [6.45, 7) is 1.35. The molecular formula is C40H46ClN3O7S. The van der Waals surface area contributed by atoms with Crippen molar-refractivity contribution in [2.75, 3.05) is 32.2 Å². The van der Waals surface area contributed by atoms with Crippen molar-refractivity contribution in [1.29, 1.82) is 0 Å². The van der Waals surface area contributed by atoms with E-state index in [1.54, 1.807) is 12.1 Å². The summed E-state index contributed by atoms with van der Waals surface area (Å²) in [6.07, 6.45) is 5.10. The number of aryl methyl sites for hydroxylation is 1. The van der Waals surface area contributed by atoms with E-state index in [9.17, 15) is 18.0 Å². The Labute approximate surface area is 311 Å². The van der Waals surface area contributed by atoms with Crippen molar-refractivity contribution in [3.63, 3.8) is 0 Å². The van der Waals surface area contributed by atoms with Gasteiger partial charge >= 0.3 is 0 Å². The maximum Gasteiger partial charge on any atom is 0.265 e. The van der Waals surface area contributed by atoms with Crippen LogP contribution in [0.5, 0.6) is 17.2 Å². The molecule has 1 fully saturated rings. The molecular weight excluding hydrogens is 702 g/mol. The van der Waals surface area contributed by atoms with Crippen LogP contribution in [0.25, 0.3) is 0 Å². The number of nitrogens with one attached hydrogen (secondary N) is 1. The van der Waals surface area contributed by atoms with Crippen LogP contribution in [-0.4, -0.2) is 65.1 Å². The third kappa shape index (κ3) is 9.37. The number of amides is 2. The van der Waals surface area contributed by atoms with Crippen LogP contribution in [0, 0.1) is 6.92 Å². The Bertz CT molecular complexity index is 1950. The standard InChI is InChI=1S/C40H46ClN3O7S/c1-28-12-11-15-30(22-28)26-43(35(23-29-13-7-5-8-14-29)40(46)42-32-16-9-6-10-17-32)39(45)27-44(34-24-31(41)18-20-36(34)49-2)52(47,48)33-19-21-37(50-3)38(25-33)51-4/h5,7-8,11-15,18-22,24-25,32,35H,6,9-10,16-17,23,26-27H2,1-4H3,(H,42,46). The van der Waals surface area contributed by atoms with Gasteiger partial charge in [-0.05, 0) is 61.2 Å². The average molecular weight is 748 g/mol. The zero-order valence-electron chi connectivity index (χ0n) is 30.0. The van der Waals surface area contributed by atoms with Crippen LogP contribution in [0.1, 0.15) is 48.8 Å². The largest absolute Gasteiger partial charge is 0.495 e. The summed E-state index contributed by atoms with van der Waals surface area (Å²) < 4.78 is 46.7. The number of methoxy groups -OCH3 is 3. The van der Waals surface area contributed by atoms with Gasteiger partial charge in [0.1, 0.15) is 18.3 Å². The minimum absolute atomic E-state index is 0.00639. The van der Waals surface area contributed by atoms with Crippen LogP contribution in [0.4, 0.5) is 5.69 Å². The van der Waals surface area contributed by atoms with Gasteiger partial charge in [-0.25, -0.2) is 8.42 Å². The number of halogens is 1. The highest BCUT2D eigenvalue weighted by molar-refractivity contribution is 7.92. The highest BCUT2D eigenvalue weighted by Gasteiger charge is 2.36. The van der Waals surface area contributed by atoms with E-state index in [2.05, 4.69) is 5.32 Å². The maximum atomic E-state index is 15.0. The fourth-order valence-corrected chi connectivity index (χ4v) is 8.18. The smallest absolute Gasteiger partial charge is 0.265 e. The number of hydrogen-bond donors (Lipinski definition) is 1. The Hall–Kier alpha value is -4.74. The van der Waals surface area contributed by atoms with Crippen LogP contribution >= 0.6 is 11.6 Å². The molecule has 0 saturated heterocycles.